The SMILES string of the molecule is CCOC(=O)c1c(C(=O)OC)cccc1C(=O)OC. The van der Waals surface area contributed by atoms with Crippen molar-refractivity contribution in [1.82, 2.24) is 0 Å². The molecular weight excluding hydrogens is 252 g/mol. The zero-order chi connectivity index (χ0) is 14.4. The van der Waals surface area contributed by atoms with Crippen LogP contribution in [-0.2, 0) is 14.2 Å². The summed E-state index contributed by atoms with van der Waals surface area (Å²) in [5, 5.41) is 0. The molecule has 19 heavy (non-hydrogen) atoms. The number of ether oxygens (including phenoxy) is 3. The highest BCUT2D eigenvalue weighted by molar-refractivity contribution is 6.10. The molecule has 0 fully saturated rings. The van der Waals surface area contributed by atoms with Crippen molar-refractivity contribution in [2.24, 2.45) is 0 Å². The van der Waals surface area contributed by atoms with Crippen molar-refractivity contribution in [1.29, 1.82) is 0 Å². The number of benzene rings is 1. The molecule has 102 valence electrons. The standard InChI is InChI=1S/C13H14O6/c1-4-19-13(16)10-8(11(14)17-2)6-5-7-9(10)12(15)18-3/h5-7H,4H2,1-3H3. The second kappa shape index (κ2) is 6.53. The summed E-state index contributed by atoms with van der Waals surface area (Å²) in [5.41, 5.74) is -0.226. The summed E-state index contributed by atoms with van der Waals surface area (Å²) in [7, 11) is 2.37. The number of hydrogen-bond donors (Lipinski definition) is 0. The third kappa shape index (κ3) is 3.09. The highest BCUT2D eigenvalue weighted by atomic mass is 16.5. The Morgan fingerprint density at radius 1 is 0.947 bits per heavy atom. The van der Waals surface area contributed by atoms with Gasteiger partial charge >= 0.3 is 17.9 Å². The lowest BCUT2D eigenvalue weighted by molar-refractivity contribution is 0.0487. The maximum absolute atomic E-state index is 11.9. The van der Waals surface area contributed by atoms with Crippen molar-refractivity contribution < 1.29 is 28.6 Å². The van der Waals surface area contributed by atoms with Crippen molar-refractivity contribution in [3.63, 3.8) is 0 Å². The van der Waals surface area contributed by atoms with Gasteiger partial charge in [0.1, 0.15) is 0 Å². The van der Waals surface area contributed by atoms with Crippen LogP contribution in [0.5, 0.6) is 0 Å². The zero-order valence-corrected chi connectivity index (χ0v) is 10.9. The van der Waals surface area contributed by atoms with E-state index in [-0.39, 0.29) is 23.3 Å². The molecule has 0 unspecified atom stereocenters. The summed E-state index contributed by atoms with van der Waals surface area (Å²) in [6.45, 7) is 1.74. The van der Waals surface area contributed by atoms with Crippen LogP contribution in [0.3, 0.4) is 0 Å². The molecule has 0 N–H and O–H groups in total. The molecule has 0 aliphatic heterocycles. The van der Waals surface area contributed by atoms with E-state index in [2.05, 4.69) is 9.47 Å². The Balaban J connectivity index is 3.44. The van der Waals surface area contributed by atoms with Crippen LogP contribution in [0.1, 0.15) is 38.0 Å². The molecule has 0 spiro atoms. The summed E-state index contributed by atoms with van der Waals surface area (Å²) in [6.07, 6.45) is 0. The molecule has 0 aliphatic rings. The molecule has 0 radical (unpaired) electrons. The van der Waals surface area contributed by atoms with Crippen molar-refractivity contribution in [3.8, 4) is 0 Å². The van der Waals surface area contributed by atoms with Crippen molar-refractivity contribution in [3.05, 3.63) is 34.9 Å². The number of carbonyl (C=O) groups is 3. The van der Waals surface area contributed by atoms with E-state index in [4.69, 9.17) is 4.74 Å². The van der Waals surface area contributed by atoms with E-state index in [1.807, 2.05) is 0 Å². The molecule has 1 aromatic carbocycles. The average molecular weight is 266 g/mol. The van der Waals surface area contributed by atoms with Gasteiger partial charge < -0.3 is 14.2 Å². The van der Waals surface area contributed by atoms with Crippen LogP contribution in [-0.4, -0.2) is 38.7 Å². The molecule has 1 aromatic rings. The first-order valence-corrected chi connectivity index (χ1v) is 5.53. The minimum Gasteiger partial charge on any atom is -0.465 e. The fraction of sp³-hybridized carbons (Fsp3) is 0.308. The molecule has 0 saturated carbocycles. The topological polar surface area (TPSA) is 78.9 Å². The monoisotopic (exact) mass is 266 g/mol. The lowest BCUT2D eigenvalue weighted by Crippen LogP contribution is -2.18. The van der Waals surface area contributed by atoms with Gasteiger partial charge in [-0.3, -0.25) is 0 Å². The van der Waals surface area contributed by atoms with E-state index in [0.29, 0.717) is 0 Å². The van der Waals surface area contributed by atoms with Gasteiger partial charge in [0, 0.05) is 0 Å². The van der Waals surface area contributed by atoms with Crippen molar-refractivity contribution in [2.75, 3.05) is 20.8 Å². The summed E-state index contributed by atoms with van der Waals surface area (Å²) < 4.78 is 14.0. The van der Waals surface area contributed by atoms with Crippen molar-refractivity contribution >= 4 is 17.9 Å². The Labute approximate surface area is 110 Å². The van der Waals surface area contributed by atoms with Crippen LogP contribution in [0, 0.1) is 0 Å². The van der Waals surface area contributed by atoms with Crippen LogP contribution >= 0.6 is 0 Å². The molecule has 0 heterocycles. The van der Waals surface area contributed by atoms with Crippen LogP contribution in [0.15, 0.2) is 18.2 Å². The minimum absolute atomic E-state index is 0.0381. The second-order valence-corrected chi connectivity index (χ2v) is 3.43. The van der Waals surface area contributed by atoms with Gasteiger partial charge in [-0.2, -0.15) is 0 Å². The van der Waals surface area contributed by atoms with E-state index in [9.17, 15) is 14.4 Å². The lowest BCUT2D eigenvalue weighted by Gasteiger charge is -2.11. The van der Waals surface area contributed by atoms with E-state index >= 15 is 0 Å². The van der Waals surface area contributed by atoms with E-state index in [1.54, 1.807) is 6.92 Å². The number of carbonyl (C=O) groups excluding carboxylic acids is 3. The summed E-state index contributed by atoms with van der Waals surface area (Å²) >= 11 is 0. The summed E-state index contributed by atoms with van der Waals surface area (Å²) in [6, 6.07) is 4.22. The lowest BCUT2D eigenvalue weighted by atomic mass is 10.0. The summed E-state index contributed by atoms with van der Waals surface area (Å²) in [4.78, 5) is 35.1. The largest absolute Gasteiger partial charge is 0.465 e. The fourth-order valence-corrected chi connectivity index (χ4v) is 1.54. The smallest absolute Gasteiger partial charge is 0.339 e. The van der Waals surface area contributed by atoms with Gasteiger partial charge in [-0.05, 0) is 19.1 Å². The Kier molecular flexibility index (Phi) is 5.05. The number of hydrogen-bond acceptors (Lipinski definition) is 6. The molecule has 1 rings (SSSR count). The predicted octanol–water partition coefficient (Wildman–Crippen LogP) is 1.44. The number of rotatable bonds is 4. The quantitative estimate of drug-likeness (QED) is 0.606. The number of methoxy groups -OCH3 is 2. The van der Waals surface area contributed by atoms with Gasteiger partial charge in [0.25, 0.3) is 0 Å². The van der Waals surface area contributed by atoms with Crippen LogP contribution in [0.25, 0.3) is 0 Å². The van der Waals surface area contributed by atoms with E-state index < -0.39 is 17.9 Å². The first-order valence-electron chi connectivity index (χ1n) is 5.53. The highest BCUT2D eigenvalue weighted by Crippen LogP contribution is 2.18. The Hall–Kier alpha value is -2.37. The number of esters is 3. The normalized spacial score (nSPS) is 9.63. The van der Waals surface area contributed by atoms with Crippen LogP contribution < -0.4 is 0 Å². The maximum Gasteiger partial charge on any atom is 0.339 e. The van der Waals surface area contributed by atoms with Crippen LogP contribution in [0.4, 0.5) is 0 Å². The van der Waals surface area contributed by atoms with Gasteiger partial charge in [-0.1, -0.05) is 6.07 Å². The molecule has 6 nitrogen and oxygen atoms in total. The molecule has 0 atom stereocenters. The second-order valence-electron chi connectivity index (χ2n) is 3.43. The highest BCUT2D eigenvalue weighted by Gasteiger charge is 2.26. The maximum atomic E-state index is 11.9. The molecule has 0 aromatic heterocycles. The first-order chi connectivity index (χ1) is 9.06. The molecule has 6 heteroatoms. The molecule has 0 amide bonds. The molecule has 0 bridgehead atoms. The van der Waals surface area contributed by atoms with E-state index in [0.717, 1.165) is 0 Å². The Morgan fingerprint density at radius 3 is 1.79 bits per heavy atom. The predicted molar refractivity (Wildman–Crippen MR) is 65.1 cm³/mol. The van der Waals surface area contributed by atoms with Crippen LogP contribution in [0.2, 0.25) is 0 Å². The van der Waals surface area contributed by atoms with E-state index in [1.165, 1.54) is 32.4 Å². The molecular formula is C13H14O6. The van der Waals surface area contributed by atoms with Gasteiger partial charge in [0.05, 0.1) is 37.5 Å². The summed E-state index contributed by atoms with van der Waals surface area (Å²) in [5.74, 6) is -2.23. The third-order valence-corrected chi connectivity index (χ3v) is 2.35. The van der Waals surface area contributed by atoms with Gasteiger partial charge in [0.15, 0.2) is 0 Å². The zero-order valence-electron chi connectivity index (χ0n) is 10.9. The van der Waals surface area contributed by atoms with Gasteiger partial charge in [0.2, 0.25) is 0 Å². The van der Waals surface area contributed by atoms with Gasteiger partial charge in [-0.15, -0.1) is 0 Å². The minimum atomic E-state index is -0.774. The third-order valence-electron chi connectivity index (χ3n) is 2.35. The average Bonchev–Trinajstić information content (AvgIpc) is 2.44. The molecule has 0 saturated heterocycles. The Bertz CT molecular complexity index is 472. The first kappa shape index (κ1) is 14.7. The fourth-order valence-electron chi connectivity index (χ4n) is 1.54. The van der Waals surface area contributed by atoms with Crippen molar-refractivity contribution in [2.45, 2.75) is 6.92 Å². The van der Waals surface area contributed by atoms with Gasteiger partial charge in [-0.25, -0.2) is 14.4 Å². The molecule has 0 aliphatic carbocycles. The Morgan fingerprint density at radius 2 is 1.42 bits per heavy atom.